The Hall–Kier alpha value is -2.16. The van der Waals surface area contributed by atoms with Crippen LogP contribution in [0, 0.1) is 0 Å². The highest BCUT2D eigenvalue weighted by molar-refractivity contribution is 7.76. The number of rotatable bonds is 29. The van der Waals surface area contributed by atoms with E-state index < -0.39 is 26.5 Å². The quantitative estimate of drug-likeness (QED) is 0.0482. The summed E-state index contributed by atoms with van der Waals surface area (Å²) in [7, 11) is -1.31. The number of hydrogen-bond acceptors (Lipinski definition) is 4. The SMILES string of the molecule is CCCC[P+](CCCC)(CCCC)CCCCCCCC[P+](CCCC)(CCCC)CCCC.O=C(O)c1ccccc1O.O=C(O)c1ccccc1O. The van der Waals surface area contributed by atoms with Gasteiger partial charge < -0.3 is 20.4 Å². The van der Waals surface area contributed by atoms with Crippen LogP contribution in [0.5, 0.6) is 11.5 Å². The summed E-state index contributed by atoms with van der Waals surface area (Å²) >= 11 is 0. The molecule has 8 heteroatoms. The van der Waals surface area contributed by atoms with E-state index in [-0.39, 0.29) is 22.6 Å². The molecule has 6 nitrogen and oxygen atoms in total. The molecule has 0 amide bonds. The molecule has 0 unspecified atom stereocenters. The van der Waals surface area contributed by atoms with Crippen LogP contribution in [0.2, 0.25) is 0 Å². The first-order valence-electron chi connectivity index (χ1n) is 21.7. The van der Waals surface area contributed by atoms with Crippen molar-refractivity contribution in [2.45, 2.75) is 157 Å². The first kappa shape index (κ1) is 51.8. The highest BCUT2D eigenvalue weighted by atomic mass is 31.2. The molecule has 0 aliphatic rings. The lowest BCUT2D eigenvalue weighted by atomic mass is 10.1. The van der Waals surface area contributed by atoms with Gasteiger partial charge in [0.25, 0.3) is 0 Å². The minimum atomic E-state index is -1.11. The predicted molar refractivity (Wildman–Crippen MR) is 240 cm³/mol. The number of carboxylic acid groups (broad SMARTS) is 2. The fourth-order valence-electron chi connectivity index (χ4n) is 7.21. The van der Waals surface area contributed by atoms with Crippen molar-refractivity contribution in [1.29, 1.82) is 0 Å². The van der Waals surface area contributed by atoms with Gasteiger partial charge in [0.1, 0.15) is 22.6 Å². The van der Waals surface area contributed by atoms with E-state index in [0.717, 1.165) is 0 Å². The Morgan fingerprint density at radius 3 is 0.815 bits per heavy atom. The van der Waals surface area contributed by atoms with Gasteiger partial charge in [-0.15, -0.1) is 0 Å². The monoisotopic (exact) mass is 793 g/mol. The first-order chi connectivity index (χ1) is 26.0. The number of unbranched alkanes of at least 4 members (excludes halogenated alkanes) is 11. The molecule has 2 rings (SSSR count). The van der Waals surface area contributed by atoms with Gasteiger partial charge in [-0.1, -0.05) is 117 Å². The molecule has 0 aliphatic heterocycles. The van der Waals surface area contributed by atoms with Crippen LogP contribution >= 0.6 is 14.5 Å². The molecular weight excluding hydrogens is 710 g/mol. The maximum Gasteiger partial charge on any atom is 0.339 e. The lowest BCUT2D eigenvalue weighted by molar-refractivity contribution is 0.0682. The van der Waals surface area contributed by atoms with Crippen molar-refractivity contribution in [3.8, 4) is 11.5 Å². The fraction of sp³-hybridized carbons (Fsp3) is 0.696. The minimum Gasteiger partial charge on any atom is -0.507 e. The average Bonchev–Trinajstić information content (AvgIpc) is 3.17. The maximum atomic E-state index is 10.3. The smallest absolute Gasteiger partial charge is 0.339 e. The minimum absolute atomic E-state index is 0.0671. The number of hydrogen-bond donors (Lipinski definition) is 4. The molecule has 0 fully saturated rings. The molecule has 310 valence electrons. The Labute approximate surface area is 333 Å². The number of benzene rings is 2. The predicted octanol–water partition coefficient (Wildman–Crippen LogP) is 14.3. The van der Waals surface area contributed by atoms with Gasteiger partial charge in [-0.25, -0.2) is 9.59 Å². The Bertz CT molecular complexity index is 1080. The normalized spacial score (nSPS) is 11.3. The second-order valence-electron chi connectivity index (χ2n) is 15.4. The third-order valence-corrected chi connectivity index (χ3v) is 20.8. The van der Waals surface area contributed by atoms with Crippen LogP contribution in [0.4, 0.5) is 0 Å². The van der Waals surface area contributed by atoms with Crippen LogP contribution in [0.25, 0.3) is 0 Å². The molecule has 0 heterocycles. The molecule has 0 radical (unpaired) electrons. The van der Waals surface area contributed by atoms with Gasteiger partial charge in [0.15, 0.2) is 0 Å². The highest BCUT2D eigenvalue weighted by Gasteiger charge is 2.35. The van der Waals surface area contributed by atoms with E-state index in [1.807, 2.05) is 0 Å². The van der Waals surface area contributed by atoms with E-state index in [2.05, 4.69) is 41.5 Å². The van der Waals surface area contributed by atoms with Crippen molar-refractivity contribution in [1.82, 2.24) is 0 Å². The second kappa shape index (κ2) is 33.0. The molecule has 2 aromatic carbocycles. The summed E-state index contributed by atoms with van der Waals surface area (Å²) in [6, 6.07) is 11.6. The molecule has 2 aromatic rings. The van der Waals surface area contributed by atoms with Gasteiger partial charge in [-0.3, -0.25) is 0 Å². The van der Waals surface area contributed by atoms with Gasteiger partial charge in [-0.05, 0) is 88.5 Å². The van der Waals surface area contributed by atoms with E-state index in [4.69, 9.17) is 20.4 Å². The maximum absolute atomic E-state index is 10.3. The Balaban J connectivity index is 0.00000112. The number of aromatic carboxylic acids is 2. The zero-order valence-corrected chi connectivity index (χ0v) is 37.3. The van der Waals surface area contributed by atoms with Gasteiger partial charge >= 0.3 is 11.9 Å². The van der Waals surface area contributed by atoms with Crippen LogP contribution in [0.1, 0.15) is 178 Å². The Morgan fingerprint density at radius 1 is 0.389 bits per heavy atom. The lowest BCUT2D eigenvalue weighted by Gasteiger charge is -2.28. The van der Waals surface area contributed by atoms with E-state index in [1.165, 1.54) is 127 Å². The van der Waals surface area contributed by atoms with Crippen LogP contribution in [-0.4, -0.2) is 81.7 Å². The molecule has 0 atom stereocenters. The molecule has 0 saturated carbocycles. The number of carbonyl (C=O) groups is 2. The standard InChI is InChI=1S/C32H70P2.2C7H6O3/c1-7-13-25-33(26-14-8-2,27-15-9-3)31-23-21-19-20-22-24-32-34(28-16-10-4,29-17-11-5)30-18-12-6;2*8-6-4-2-1-3-5(6)7(9)10/h7-32H2,1-6H3;2*1-4,8H,(H,9,10)/q+2;;. The molecule has 54 heavy (non-hydrogen) atoms. The van der Waals surface area contributed by atoms with Gasteiger partial charge in [0, 0.05) is 14.5 Å². The molecule has 0 saturated heterocycles. The molecule has 0 bridgehead atoms. The number of para-hydroxylation sites is 2. The molecule has 4 N–H and O–H groups in total. The summed E-state index contributed by atoms with van der Waals surface area (Å²) in [5, 5.41) is 34.6. The Morgan fingerprint density at radius 2 is 0.611 bits per heavy atom. The zero-order valence-electron chi connectivity index (χ0n) is 35.5. The topological polar surface area (TPSA) is 115 Å². The van der Waals surface area contributed by atoms with E-state index in [9.17, 15) is 9.59 Å². The average molecular weight is 793 g/mol. The Kier molecular flexibility index (Phi) is 31.7. The van der Waals surface area contributed by atoms with Crippen LogP contribution in [0.3, 0.4) is 0 Å². The summed E-state index contributed by atoms with van der Waals surface area (Å²) in [5.74, 6) is -2.62. The van der Waals surface area contributed by atoms with Crippen molar-refractivity contribution in [3.63, 3.8) is 0 Å². The number of aromatic hydroxyl groups is 2. The lowest BCUT2D eigenvalue weighted by Crippen LogP contribution is -2.13. The first-order valence-corrected chi connectivity index (χ1v) is 26.8. The number of phenols is 2. The summed E-state index contributed by atoms with van der Waals surface area (Å²) in [5.41, 5.74) is -0.134. The van der Waals surface area contributed by atoms with Crippen molar-refractivity contribution < 1.29 is 30.0 Å². The third kappa shape index (κ3) is 23.7. The summed E-state index contributed by atoms with van der Waals surface area (Å²) in [6.07, 6.45) is 39.5. The molecular formula is C46H82O6P2+2. The van der Waals surface area contributed by atoms with Gasteiger partial charge in [-0.2, -0.15) is 0 Å². The van der Waals surface area contributed by atoms with E-state index in [0.29, 0.717) is 0 Å². The van der Waals surface area contributed by atoms with Gasteiger partial charge in [0.05, 0.1) is 49.3 Å². The fourth-order valence-corrected chi connectivity index (χ4v) is 17.6. The molecule has 0 spiro atoms. The summed E-state index contributed by atoms with van der Waals surface area (Å²) in [4.78, 5) is 20.5. The van der Waals surface area contributed by atoms with E-state index >= 15 is 0 Å². The van der Waals surface area contributed by atoms with Crippen LogP contribution in [-0.2, 0) is 0 Å². The van der Waals surface area contributed by atoms with Crippen molar-refractivity contribution >= 4 is 26.5 Å². The van der Waals surface area contributed by atoms with Crippen molar-refractivity contribution in [2.24, 2.45) is 0 Å². The molecule has 0 aromatic heterocycles. The third-order valence-electron chi connectivity index (χ3n) is 10.7. The largest absolute Gasteiger partial charge is 0.507 e. The highest BCUT2D eigenvalue weighted by Crippen LogP contribution is 2.62. The van der Waals surface area contributed by atoms with Crippen LogP contribution in [0.15, 0.2) is 48.5 Å². The number of carboxylic acids is 2. The van der Waals surface area contributed by atoms with Crippen molar-refractivity contribution in [3.05, 3.63) is 59.7 Å². The summed E-state index contributed by atoms with van der Waals surface area (Å²) < 4.78 is 0. The summed E-state index contributed by atoms with van der Waals surface area (Å²) in [6.45, 7) is 14.4. The van der Waals surface area contributed by atoms with Gasteiger partial charge in [0.2, 0.25) is 0 Å². The van der Waals surface area contributed by atoms with Crippen LogP contribution < -0.4 is 0 Å². The molecule has 0 aliphatic carbocycles. The van der Waals surface area contributed by atoms with E-state index in [1.54, 1.807) is 86.4 Å². The van der Waals surface area contributed by atoms with Crippen molar-refractivity contribution in [2.75, 3.05) is 49.3 Å². The zero-order chi connectivity index (χ0) is 40.5. The second-order valence-corrected chi connectivity index (χ2v) is 24.3.